The van der Waals surface area contributed by atoms with E-state index in [1.807, 2.05) is 35.2 Å². The zero-order valence-electron chi connectivity index (χ0n) is 23.1. The van der Waals surface area contributed by atoms with Crippen LogP contribution in [0.2, 0.25) is 0 Å². The number of piperazine rings is 1. The van der Waals surface area contributed by atoms with E-state index in [4.69, 9.17) is 9.90 Å². The molecule has 2 fully saturated rings. The Bertz CT molecular complexity index is 1290. The number of carboxylic acids is 1. The summed E-state index contributed by atoms with van der Waals surface area (Å²) in [4.78, 5) is 26.9. The summed E-state index contributed by atoms with van der Waals surface area (Å²) in [5.41, 5.74) is 4.75. The van der Waals surface area contributed by atoms with Crippen LogP contribution < -0.4 is 4.90 Å². The Labute approximate surface area is 233 Å². The lowest BCUT2D eigenvalue weighted by Gasteiger charge is -2.38. The molecule has 0 aliphatic carbocycles. The molecule has 2 aromatic carbocycles. The topological polar surface area (TPSA) is 98.2 Å². The van der Waals surface area contributed by atoms with Gasteiger partial charge in [0.05, 0.1) is 11.2 Å². The van der Waals surface area contributed by atoms with E-state index in [-0.39, 0.29) is 24.3 Å². The summed E-state index contributed by atoms with van der Waals surface area (Å²) >= 11 is 0. The molecule has 2 atom stereocenters. The number of hydrogen-bond donors (Lipinski definition) is 1. The molecule has 0 saturated carbocycles. The number of benzene rings is 2. The largest absolute Gasteiger partial charge is 0.490 e. The number of aryl methyl sites for hydroxylation is 2. The normalized spacial score (nSPS) is 20.3. The van der Waals surface area contributed by atoms with Gasteiger partial charge in [0.25, 0.3) is 0 Å². The van der Waals surface area contributed by atoms with Crippen LogP contribution in [0, 0.1) is 19.8 Å². The van der Waals surface area contributed by atoms with Crippen LogP contribution in [0.5, 0.6) is 0 Å². The van der Waals surface area contributed by atoms with Gasteiger partial charge in [-0.2, -0.15) is 13.2 Å². The third kappa shape index (κ3) is 7.34. The summed E-state index contributed by atoms with van der Waals surface area (Å²) in [7, 11) is -3.41. The Hall–Kier alpha value is -3.12. The zero-order chi connectivity index (χ0) is 29.8. The second kappa shape index (κ2) is 12.6. The van der Waals surface area contributed by atoms with Crippen molar-refractivity contribution in [1.82, 2.24) is 9.21 Å². The molecular weight excluding hydrogens is 547 g/mol. The van der Waals surface area contributed by atoms with Gasteiger partial charge in [-0.25, -0.2) is 17.5 Å². The molecule has 2 aliphatic heterocycles. The van der Waals surface area contributed by atoms with Crippen LogP contribution in [0.4, 0.5) is 18.9 Å². The van der Waals surface area contributed by atoms with Crippen molar-refractivity contribution < 1.29 is 36.3 Å². The second-order valence-corrected chi connectivity index (χ2v) is 12.9. The number of halogens is 3. The molecule has 220 valence electrons. The summed E-state index contributed by atoms with van der Waals surface area (Å²) in [5.74, 6) is -3.16. The van der Waals surface area contributed by atoms with Gasteiger partial charge in [0.1, 0.15) is 0 Å². The number of aliphatic carboxylic acids is 1. The molecule has 1 amide bonds. The Morgan fingerprint density at radius 2 is 1.52 bits per heavy atom. The van der Waals surface area contributed by atoms with Gasteiger partial charge in [-0.1, -0.05) is 42.5 Å². The Balaban J connectivity index is 0.000000559. The Kier molecular flexibility index (Phi) is 9.89. The van der Waals surface area contributed by atoms with Gasteiger partial charge in [-0.3, -0.25) is 4.79 Å². The molecular formula is C28H36F3N3O5S. The third-order valence-corrected chi connectivity index (χ3v) is 9.54. The monoisotopic (exact) mass is 583 g/mol. The van der Waals surface area contributed by atoms with Gasteiger partial charge in [0.2, 0.25) is 15.9 Å². The van der Waals surface area contributed by atoms with Crippen LogP contribution in [0.15, 0.2) is 48.5 Å². The number of carbonyl (C=O) groups is 2. The molecule has 0 aromatic heterocycles. The standard InChI is InChI=1S/C26H35N3O3S.C2HF3O2/c1-19(2)33(31,32)29-17-23(22-8-6-5-7-9-22)24(18-29)26(30)28-14-12-27(13-15-28)25-16-20(3)10-11-21(25)4;3-2(4,5)1(6)7/h5-11,16,19,23-24H,12-15,17-18H2,1-4H3;(H,6,7)/t23-,24+;/m0./s1. The van der Waals surface area contributed by atoms with Crippen molar-refractivity contribution in [2.75, 3.05) is 44.2 Å². The van der Waals surface area contributed by atoms with Crippen molar-refractivity contribution in [3.05, 3.63) is 65.2 Å². The quantitative estimate of drug-likeness (QED) is 0.571. The lowest BCUT2D eigenvalue weighted by Crippen LogP contribution is -2.51. The van der Waals surface area contributed by atoms with E-state index in [0.29, 0.717) is 19.6 Å². The number of anilines is 1. The second-order valence-electron chi connectivity index (χ2n) is 10.4. The molecule has 2 aromatic rings. The van der Waals surface area contributed by atoms with E-state index in [1.165, 1.54) is 21.1 Å². The van der Waals surface area contributed by atoms with Crippen molar-refractivity contribution >= 4 is 27.6 Å². The minimum absolute atomic E-state index is 0.0749. The van der Waals surface area contributed by atoms with Gasteiger partial charge in [0, 0.05) is 50.9 Å². The van der Waals surface area contributed by atoms with E-state index >= 15 is 0 Å². The van der Waals surface area contributed by atoms with E-state index in [9.17, 15) is 26.4 Å². The molecule has 1 N–H and O–H groups in total. The molecule has 8 nitrogen and oxygen atoms in total. The van der Waals surface area contributed by atoms with Gasteiger partial charge in [-0.05, 0) is 50.5 Å². The van der Waals surface area contributed by atoms with Crippen molar-refractivity contribution in [1.29, 1.82) is 0 Å². The zero-order valence-corrected chi connectivity index (χ0v) is 23.9. The van der Waals surface area contributed by atoms with Crippen molar-refractivity contribution in [2.45, 2.75) is 45.0 Å². The SMILES string of the molecule is Cc1ccc(C)c(N2CCN(C(=O)[C@@H]3CN(S(=O)(=O)C(C)C)C[C@H]3c3ccccc3)CC2)c1.O=C(O)C(F)(F)F. The first-order valence-electron chi connectivity index (χ1n) is 13.1. The maximum Gasteiger partial charge on any atom is 0.490 e. The lowest BCUT2D eigenvalue weighted by atomic mass is 9.88. The van der Waals surface area contributed by atoms with Crippen molar-refractivity contribution in [2.24, 2.45) is 5.92 Å². The first-order valence-corrected chi connectivity index (χ1v) is 14.6. The third-order valence-electron chi connectivity index (χ3n) is 7.33. The molecule has 0 unspecified atom stereocenters. The Morgan fingerprint density at radius 3 is 2.05 bits per heavy atom. The molecule has 2 saturated heterocycles. The maximum absolute atomic E-state index is 13.7. The molecule has 0 spiro atoms. The minimum Gasteiger partial charge on any atom is -0.475 e. The lowest BCUT2D eigenvalue weighted by molar-refractivity contribution is -0.192. The molecule has 2 heterocycles. The average Bonchev–Trinajstić information content (AvgIpc) is 3.36. The Morgan fingerprint density at radius 1 is 0.950 bits per heavy atom. The summed E-state index contributed by atoms with van der Waals surface area (Å²) < 4.78 is 59.1. The number of hydrogen-bond acceptors (Lipinski definition) is 5. The van der Waals surface area contributed by atoms with Crippen LogP contribution in [0.3, 0.4) is 0 Å². The molecule has 0 bridgehead atoms. The van der Waals surface area contributed by atoms with Gasteiger partial charge in [-0.15, -0.1) is 0 Å². The van der Waals surface area contributed by atoms with E-state index in [2.05, 4.69) is 36.9 Å². The van der Waals surface area contributed by atoms with Crippen molar-refractivity contribution in [3.8, 4) is 0 Å². The average molecular weight is 584 g/mol. The molecule has 0 radical (unpaired) electrons. The summed E-state index contributed by atoms with van der Waals surface area (Å²) in [6.45, 7) is 11.1. The summed E-state index contributed by atoms with van der Waals surface area (Å²) in [5, 5.41) is 6.63. The number of sulfonamides is 1. The molecule has 4 rings (SSSR count). The van der Waals surface area contributed by atoms with Crippen LogP contribution in [0.1, 0.15) is 36.5 Å². The van der Waals surface area contributed by atoms with Crippen LogP contribution in [0.25, 0.3) is 0 Å². The highest BCUT2D eigenvalue weighted by Crippen LogP contribution is 2.36. The smallest absolute Gasteiger partial charge is 0.475 e. The number of rotatable bonds is 5. The minimum atomic E-state index is -5.08. The molecule has 2 aliphatic rings. The van der Waals surface area contributed by atoms with Crippen molar-refractivity contribution in [3.63, 3.8) is 0 Å². The van der Waals surface area contributed by atoms with E-state index in [0.717, 1.165) is 18.7 Å². The van der Waals surface area contributed by atoms with Gasteiger partial charge in [0.15, 0.2) is 0 Å². The fourth-order valence-corrected chi connectivity index (χ4v) is 6.36. The summed E-state index contributed by atoms with van der Waals surface area (Å²) in [6.07, 6.45) is -5.08. The maximum atomic E-state index is 13.7. The highest BCUT2D eigenvalue weighted by atomic mass is 32.2. The fraction of sp³-hybridized carbons (Fsp3) is 0.500. The number of carboxylic acid groups (broad SMARTS) is 1. The number of alkyl halides is 3. The molecule has 12 heteroatoms. The van der Waals surface area contributed by atoms with Crippen LogP contribution >= 0.6 is 0 Å². The predicted molar refractivity (Wildman–Crippen MR) is 147 cm³/mol. The number of carbonyl (C=O) groups excluding carboxylic acids is 1. The van der Waals surface area contributed by atoms with E-state index in [1.54, 1.807) is 13.8 Å². The van der Waals surface area contributed by atoms with Crippen LogP contribution in [-0.4, -0.2) is 85.3 Å². The molecule has 40 heavy (non-hydrogen) atoms. The van der Waals surface area contributed by atoms with Crippen LogP contribution in [-0.2, 0) is 19.6 Å². The summed E-state index contributed by atoms with van der Waals surface area (Å²) in [6, 6.07) is 16.4. The fourth-order valence-electron chi connectivity index (χ4n) is 5.02. The highest BCUT2D eigenvalue weighted by Gasteiger charge is 2.45. The first kappa shape index (κ1) is 31.4. The first-order chi connectivity index (χ1) is 18.6. The predicted octanol–water partition coefficient (Wildman–Crippen LogP) is 4.04. The number of nitrogens with zero attached hydrogens (tertiary/aromatic N) is 3. The van der Waals surface area contributed by atoms with Gasteiger partial charge < -0.3 is 14.9 Å². The van der Waals surface area contributed by atoms with Gasteiger partial charge >= 0.3 is 12.1 Å². The number of amides is 1. The highest BCUT2D eigenvalue weighted by molar-refractivity contribution is 7.89. The van der Waals surface area contributed by atoms with E-state index < -0.39 is 27.4 Å².